The van der Waals surface area contributed by atoms with Gasteiger partial charge in [-0.2, -0.15) is 0 Å². The van der Waals surface area contributed by atoms with Crippen molar-refractivity contribution in [2.75, 3.05) is 30.7 Å². The predicted octanol–water partition coefficient (Wildman–Crippen LogP) is 3.88. The lowest BCUT2D eigenvalue weighted by Gasteiger charge is -2.12. The Kier molecular flexibility index (Phi) is 9.51. The molecule has 0 bridgehead atoms. The van der Waals surface area contributed by atoms with Crippen LogP contribution in [-0.4, -0.2) is 37.2 Å². The van der Waals surface area contributed by atoms with E-state index in [0.717, 1.165) is 35.7 Å². The molecule has 2 aromatic rings. The maximum atomic E-state index is 12.6. The van der Waals surface area contributed by atoms with Crippen LogP contribution in [0.3, 0.4) is 0 Å². The van der Waals surface area contributed by atoms with Crippen LogP contribution in [0.15, 0.2) is 53.4 Å². The molecular formula is C22H28ClN3O2S. The lowest BCUT2D eigenvalue weighted by Crippen LogP contribution is -2.27. The zero-order chi connectivity index (χ0) is 19.8. The summed E-state index contributed by atoms with van der Waals surface area (Å²) in [6.45, 7) is 4.80. The van der Waals surface area contributed by atoms with Gasteiger partial charge in [0.2, 0.25) is 5.91 Å². The minimum absolute atomic E-state index is 0. The summed E-state index contributed by atoms with van der Waals surface area (Å²) >= 11 is 1.38. The highest BCUT2D eigenvalue weighted by molar-refractivity contribution is 8.00. The molecule has 1 saturated heterocycles. The third-order valence-corrected chi connectivity index (χ3v) is 5.90. The molecule has 0 radical (unpaired) electrons. The Bertz CT molecular complexity index is 808. The fourth-order valence-electron chi connectivity index (χ4n) is 3.20. The first-order chi connectivity index (χ1) is 13.6. The lowest BCUT2D eigenvalue weighted by molar-refractivity contribution is -0.113. The van der Waals surface area contributed by atoms with Gasteiger partial charge in [-0.3, -0.25) is 9.59 Å². The van der Waals surface area contributed by atoms with Gasteiger partial charge in [-0.25, -0.2) is 0 Å². The summed E-state index contributed by atoms with van der Waals surface area (Å²) in [6.07, 6.45) is 2.17. The van der Waals surface area contributed by atoms with E-state index < -0.39 is 0 Å². The van der Waals surface area contributed by atoms with Crippen molar-refractivity contribution in [2.24, 2.45) is 5.92 Å². The molecule has 0 saturated carbocycles. The highest BCUT2D eigenvalue weighted by Crippen LogP contribution is 2.23. The van der Waals surface area contributed by atoms with Crippen molar-refractivity contribution >= 4 is 41.7 Å². The number of benzene rings is 2. The van der Waals surface area contributed by atoms with Gasteiger partial charge in [0, 0.05) is 17.1 Å². The van der Waals surface area contributed by atoms with Crippen LogP contribution >= 0.6 is 24.2 Å². The number of anilines is 1. The normalized spacial score (nSPS) is 15.4. The molecule has 0 aliphatic carbocycles. The van der Waals surface area contributed by atoms with Crippen molar-refractivity contribution in [1.82, 2.24) is 10.6 Å². The topological polar surface area (TPSA) is 70.2 Å². The van der Waals surface area contributed by atoms with Gasteiger partial charge in [0.25, 0.3) is 5.91 Å². The van der Waals surface area contributed by atoms with Crippen LogP contribution in [0.5, 0.6) is 0 Å². The van der Waals surface area contributed by atoms with E-state index in [1.165, 1.54) is 18.2 Å². The average Bonchev–Trinajstić information content (AvgIpc) is 3.22. The van der Waals surface area contributed by atoms with Crippen LogP contribution in [0.1, 0.15) is 28.8 Å². The number of carbonyl (C=O) groups is 2. The summed E-state index contributed by atoms with van der Waals surface area (Å²) in [5.41, 5.74) is 2.56. The van der Waals surface area contributed by atoms with Gasteiger partial charge in [0.15, 0.2) is 0 Å². The van der Waals surface area contributed by atoms with E-state index in [1.54, 1.807) is 0 Å². The van der Waals surface area contributed by atoms with Gasteiger partial charge in [0.05, 0.1) is 11.3 Å². The summed E-state index contributed by atoms with van der Waals surface area (Å²) < 4.78 is 0. The van der Waals surface area contributed by atoms with Gasteiger partial charge >= 0.3 is 0 Å². The molecule has 1 fully saturated rings. The SMILES string of the molecule is Cc1ccc(NC(=O)CSc2ccccc2C(=O)NCCC2CCNC2)cc1.Cl. The highest BCUT2D eigenvalue weighted by atomic mass is 35.5. The third-order valence-electron chi connectivity index (χ3n) is 4.83. The molecule has 1 aliphatic rings. The van der Waals surface area contributed by atoms with E-state index in [2.05, 4.69) is 16.0 Å². The van der Waals surface area contributed by atoms with Gasteiger partial charge in [0.1, 0.15) is 0 Å². The van der Waals surface area contributed by atoms with Crippen LogP contribution in [0, 0.1) is 12.8 Å². The standard InChI is InChI=1S/C22H27N3O2S.ClH/c1-16-6-8-18(9-7-16)25-21(26)15-28-20-5-3-2-4-19(20)22(27)24-13-11-17-10-12-23-14-17;/h2-9,17,23H,10-15H2,1H3,(H,24,27)(H,25,26);1H. The average molecular weight is 434 g/mol. The molecule has 3 rings (SSSR count). The maximum Gasteiger partial charge on any atom is 0.252 e. The first-order valence-electron chi connectivity index (χ1n) is 9.69. The molecule has 1 unspecified atom stereocenters. The van der Waals surface area contributed by atoms with Gasteiger partial charge in [-0.15, -0.1) is 24.2 Å². The molecule has 3 N–H and O–H groups in total. The smallest absolute Gasteiger partial charge is 0.252 e. The summed E-state index contributed by atoms with van der Waals surface area (Å²) in [5, 5.41) is 9.25. The monoisotopic (exact) mass is 433 g/mol. The number of aryl methyl sites for hydroxylation is 1. The second-order valence-electron chi connectivity index (χ2n) is 7.10. The number of hydrogen-bond acceptors (Lipinski definition) is 4. The van der Waals surface area contributed by atoms with Crippen LogP contribution in [-0.2, 0) is 4.79 Å². The Labute approximate surface area is 182 Å². The van der Waals surface area contributed by atoms with Crippen LogP contribution < -0.4 is 16.0 Å². The van der Waals surface area contributed by atoms with E-state index in [-0.39, 0.29) is 30.0 Å². The Balaban J connectivity index is 0.00000300. The molecule has 156 valence electrons. The molecule has 0 spiro atoms. The molecule has 0 aromatic heterocycles. The minimum atomic E-state index is -0.0854. The third kappa shape index (κ3) is 7.38. The Morgan fingerprint density at radius 2 is 1.90 bits per heavy atom. The van der Waals surface area contributed by atoms with Crippen molar-refractivity contribution in [2.45, 2.75) is 24.7 Å². The van der Waals surface area contributed by atoms with Crippen LogP contribution in [0.25, 0.3) is 0 Å². The predicted molar refractivity (Wildman–Crippen MR) is 122 cm³/mol. The lowest BCUT2D eigenvalue weighted by atomic mass is 10.1. The highest BCUT2D eigenvalue weighted by Gasteiger charge is 2.16. The Morgan fingerprint density at radius 1 is 1.14 bits per heavy atom. The fraction of sp³-hybridized carbons (Fsp3) is 0.364. The van der Waals surface area contributed by atoms with Crippen LogP contribution in [0.2, 0.25) is 0 Å². The summed E-state index contributed by atoms with van der Waals surface area (Å²) in [6, 6.07) is 15.1. The summed E-state index contributed by atoms with van der Waals surface area (Å²) in [4.78, 5) is 25.6. The molecule has 2 amide bonds. The Hall–Kier alpha value is -2.02. The van der Waals surface area contributed by atoms with Crippen LogP contribution in [0.4, 0.5) is 5.69 Å². The van der Waals surface area contributed by atoms with Crippen molar-refractivity contribution in [1.29, 1.82) is 0 Å². The number of nitrogens with one attached hydrogen (secondary N) is 3. The maximum absolute atomic E-state index is 12.6. The number of halogens is 1. The fourth-order valence-corrected chi connectivity index (χ4v) is 4.05. The number of carbonyl (C=O) groups excluding carboxylic acids is 2. The van der Waals surface area contributed by atoms with Gasteiger partial charge in [-0.1, -0.05) is 29.8 Å². The van der Waals surface area contributed by atoms with E-state index in [0.29, 0.717) is 18.0 Å². The largest absolute Gasteiger partial charge is 0.352 e. The van der Waals surface area contributed by atoms with Crippen molar-refractivity contribution in [3.63, 3.8) is 0 Å². The molecular weight excluding hydrogens is 406 g/mol. The molecule has 29 heavy (non-hydrogen) atoms. The van der Waals surface area contributed by atoms with E-state index in [9.17, 15) is 9.59 Å². The molecule has 1 heterocycles. The molecule has 5 nitrogen and oxygen atoms in total. The van der Waals surface area contributed by atoms with Crippen molar-refractivity contribution < 1.29 is 9.59 Å². The quantitative estimate of drug-likeness (QED) is 0.552. The zero-order valence-electron chi connectivity index (χ0n) is 16.6. The first-order valence-corrected chi connectivity index (χ1v) is 10.7. The number of thioether (sulfide) groups is 1. The van der Waals surface area contributed by atoms with Crippen molar-refractivity contribution in [3.8, 4) is 0 Å². The molecule has 7 heteroatoms. The minimum Gasteiger partial charge on any atom is -0.352 e. The number of hydrogen-bond donors (Lipinski definition) is 3. The summed E-state index contributed by atoms with van der Waals surface area (Å²) in [7, 11) is 0. The zero-order valence-corrected chi connectivity index (χ0v) is 18.2. The summed E-state index contributed by atoms with van der Waals surface area (Å²) in [5.74, 6) is 0.743. The Morgan fingerprint density at radius 3 is 2.62 bits per heavy atom. The van der Waals surface area contributed by atoms with E-state index in [4.69, 9.17) is 0 Å². The second kappa shape index (κ2) is 11.9. The molecule has 1 aliphatic heterocycles. The first kappa shape index (κ1) is 23.3. The molecule has 1 atom stereocenters. The van der Waals surface area contributed by atoms with Crippen molar-refractivity contribution in [3.05, 3.63) is 59.7 Å². The number of rotatable bonds is 8. The van der Waals surface area contributed by atoms with Gasteiger partial charge < -0.3 is 16.0 Å². The van der Waals surface area contributed by atoms with E-state index in [1.807, 2.05) is 55.5 Å². The molecule has 2 aromatic carbocycles. The second-order valence-corrected chi connectivity index (χ2v) is 8.12. The number of amides is 2. The van der Waals surface area contributed by atoms with E-state index >= 15 is 0 Å². The van der Waals surface area contributed by atoms with Gasteiger partial charge in [-0.05, 0) is 63.0 Å².